The number of hydrogen-bond acceptors (Lipinski definition) is 7. The first-order valence-corrected chi connectivity index (χ1v) is 9.93. The Kier molecular flexibility index (Phi) is 5.74. The van der Waals surface area contributed by atoms with Crippen LogP contribution in [0.5, 0.6) is 5.75 Å². The fraction of sp³-hybridized carbons (Fsp3) is 0.273. The van der Waals surface area contributed by atoms with Crippen molar-refractivity contribution in [2.24, 2.45) is 0 Å². The smallest absolute Gasteiger partial charge is 0.296 e. The van der Waals surface area contributed by atoms with Crippen molar-refractivity contribution in [2.45, 2.75) is 31.7 Å². The lowest BCUT2D eigenvalue weighted by Gasteiger charge is -2.15. The number of benzene rings is 2. The van der Waals surface area contributed by atoms with E-state index in [1.807, 2.05) is 30.3 Å². The lowest BCUT2D eigenvalue weighted by molar-refractivity contribution is -0.384. The summed E-state index contributed by atoms with van der Waals surface area (Å²) in [6.07, 6.45) is 4.57. The van der Waals surface area contributed by atoms with Crippen LogP contribution in [0.15, 0.2) is 54.6 Å². The molecule has 0 radical (unpaired) electrons. The molecule has 0 unspecified atom stereocenters. The maximum Gasteiger partial charge on any atom is 0.296 e. The molecule has 8 heteroatoms. The number of nitrogens with zero attached hydrogens (tertiary/aromatic N) is 3. The van der Waals surface area contributed by atoms with Crippen LogP contribution in [-0.4, -0.2) is 28.0 Å². The minimum absolute atomic E-state index is 0.0838. The first kappa shape index (κ1) is 19.6. The molecular weight excluding hydrogens is 382 g/mol. The number of rotatable bonds is 7. The van der Waals surface area contributed by atoms with Crippen LogP contribution in [-0.2, 0) is 0 Å². The average Bonchev–Trinajstić information content (AvgIpc) is 3.27. The Labute approximate surface area is 174 Å². The molecular formula is C22H23N5O3. The van der Waals surface area contributed by atoms with Gasteiger partial charge in [-0.05, 0) is 25.0 Å². The molecule has 30 heavy (non-hydrogen) atoms. The third kappa shape index (κ3) is 4.48. The Bertz CT molecular complexity index is 1040. The van der Waals surface area contributed by atoms with Gasteiger partial charge in [0.05, 0.1) is 23.8 Å². The van der Waals surface area contributed by atoms with Gasteiger partial charge in [0.25, 0.3) is 5.69 Å². The van der Waals surface area contributed by atoms with Gasteiger partial charge in [-0.3, -0.25) is 10.1 Å². The summed E-state index contributed by atoms with van der Waals surface area (Å²) in [4.78, 5) is 20.3. The predicted molar refractivity (Wildman–Crippen MR) is 116 cm³/mol. The Morgan fingerprint density at radius 1 is 1.07 bits per heavy atom. The maximum atomic E-state index is 11.5. The summed E-state index contributed by atoms with van der Waals surface area (Å²) < 4.78 is 5.11. The van der Waals surface area contributed by atoms with Crippen molar-refractivity contribution < 1.29 is 9.66 Å². The van der Waals surface area contributed by atoms with Crippen LogP contribution in [0.1, 0.15) is 25.7 Å². The second-order valence-corrected chi connectivity index (χ2v) is 7.22. The average molecular weight is 405 g/mol. The van der Waals surface area contributed by atoms with Crippen molar-refractivity contribution in [3.05, 3.63) is 64.7 Å². The molecule has 0 saturated heterocycles. The van der Waals surface area contributed by atoms with Gasteiger partial charge in [-0.15, -0.1) is 0 Å². The van der Waals surface area contributed by atoms with E-state index in [1.54, 1.807) is 18.2 Å². The third-order valence-electron chi connectivity index (χ3n) is 5.15. The molecule has 0 bridgehead atoms. The molecule has 0 amide bonds. The number of ether oxygens (including phenoxy) is 1. The minimum atomic E-state index is -0.443. The zero-order valence-electron chi connectivity index (χ0n) is 16.7. The van der Waals surface area contributed by atoms with E-state index in [1.165, 1.54) is 26.0 Å². The van der Waals surface area contributed by atoms with Gasteiger partial charge >= 0.3 is 0 Å². The van der Waals surface area contributed by atoms with E-state index < -0.39 is 4.92 Å². The van der Waals surface area contributed by atoms with Crippen LogP contribution in [0.3, 0.4) is 0 Å². The molecule has 4 rings (SSSR count). The summed E-state index contributed by atoms with van der Waals surface area (Å²) in [6, 6.07) is 16.6. The first-order valence-electron chi connectivity index (χ1n) is 9.93. The highest BCUT2D eigenvalue weighted by atomic mass is 16.6. The van der Waals surface area contributed by atoms with Crippen LogP contribution in [0.25, 0.3) is 11.3 Å². The largest absolute Gasteiger partial charge is 0.496 e. The Morgan fingerprint density at radius 2 is 1.83 bits per heavy atom. The first-order chi connectivity index (χ1) is 14.6. The summed E-state index contributed by atoms with van der Waals surface area (Å²) in [5.41, 5.74) is 1.94. The standard InChI is InChI=1S/C22H23N5O3/c1-30-17-11-12-18(20(13-17)27(28)29)24-21-14-19(15-7-3-2-4-8-15)25-22(26-21)23-16-9-5-6-10-16/h2-4,7-8,11-14,16H,5-6,9-10H2,1H3,(H2,23,24,25,26). The number of hydrogen-bond donors (Lipinski definition) is 2. The van der Waals surface area contributed by atoms with E-state index in [0.29, 0.717) is 29.2 Å². The molecule has 1 heterocycles. The monoisotopic (exact) mass is 405 g/mol. The summed E-state index contributed by atoms with van der Waals surface area (Å²) in [6.45, 7) is 0. The number of nitro groups is 1. The number of aromatic nitrogens is 2. The summed E-state index contributed by atoms with van der Waals surface area (Å²) >= 11 is 0. The number of nitrogens with one attached hydrogen (secondary N) is 2. The van der Waals surface area contributed by atoms with Crippen LogP contribution in [0.2, 0.25) is 0 Å². The molecule has 0 atom stereocenters. The van der Waals surface area contributed by atoms with E-state index in [0.717, 1.165) is 24.1 Å². The minimum Gasteiger partial charge on any atom is -0.496 e. The molecule has 1 fully saturated rings. The summed E-state index contributed by atoms with van der Waals surface area (Å²) in [7, 11) is 1.48. The molecule has 2 N–H and O–H groups in total. The lowest BCUT2D eigenvalue weighted by atomic mass is 10.1. The number of methoxy groups -OCH3 is 1. The van der Waals surface area contributed by atoms with Crippen LogP contribution >= 0.6 is 0 Å². The van der Waals surface area contributed by atoms with Crippen LogP contribution in [0, 0.1) is 10.1 Å². The maximum absolute atomic E-state index is 11.5. The molecule has 1 aliphatic rings. The summed E-state index contributed by atoms with van der Waals surface area (Å²) in [5.74, 6) is 1.42. The van der Waals surface area contributed by atoms with E-state index in [2.05, 4.69) is 20.6 Å². The third-order valence-corrected chi connectivity index (χ3v) is 5.15. The highest BCUT2D eigenvalue weighted by Gasteiger charge is 2.19. The fourth-order valence-corrected chi connectivity index (χ4v) is 3.62. The van der Waals surface area contributed by atoms with Crippen molar-refractivity contribution in [2.75, 3.05) is 17.7 Å². The second kappa shape index (κ2) is 8.77. The normalized spacial score (nSPS) is 13.8. The molecule has 154 valence electrons. The summed E-state index contributed by atoms with van der Waals surface area (Å²) in [5, 5.41) is 18.0. The van der Waals surface area contributed by atoms with E-state index in [4.69, 9.17) is 4.74 Å². The molecule has 1 aromatic heterocycles. The van der Waals surface area contributed by atoms with Gasteiger partial charge in [-0.2, -0.15) is 4.98 Å². The van der Waals surface area contributed by atoms with Gasteiger partial charge in [0.2, 0.25) is 5.95 Å². The van der Waals surface area contributed by atoms with Crippen LogP contribution < -0.4 is 15.4 Å². The van der Waals surface area contributed by atoms with Gasteiger partial charge in [-0.25, -0.2) is 4.98 Å². The molecule has 0 aliphatic heterocycles. The molecule has 3 aromatic rings. The SMILES string of the molecule is COc1ccc(Nc2cc(-c3ccccc3)nc(NC3CCCC3)n2)c([N+](=O)[O-])c1. The Morgan fingerprint density at radius 3 is 2.53 bits per heavy atom. The Hall–Kier alpha value is -3.68. The van der Waals surface area contributed by atoms with Crippen molar-refractivity contribution in [1.29, 1.82) is 0 Å². The van der Waals surface area contributed by atoms with Gasteiger partial charge in [0, 0.05) is 17.7 Å². The van der Waals surface area contributed by atoms with Crippen molar-refractivity contribution >= 4 is 23.1 Å². The quantitative estimate of drug-likeness (QED) is 0.413. The number of nitro benzene ring substituents is 1. The number of anilines is 3. The Balaban J connectivity index is 1.70. The van der Waals surface area contributed by atoms with Crippen molar-refractivity contribution in [1.82, 2.24) is 9.97 Å². The molecule has 0 spiro atoms. The van der Waals surface area contributed by atoms with E-state index in [-0.39, 0.29) is 5.69 Å². The highest BCUT2D eigenvalue weighted by Crippen LogP contribution is 2.32. The zero-order valence-corrected chi connectivity index (χ0v) is 16.7. The fourth-order valence-electron chi connectivity index (χ4n) is 3.62. The molecule has 8 nitrogen and oxygen atoms in total. The van der Waals surface area contributed by atoms with Crippen LogP contribution in [0.4, 0.5) is 23.1 Å². The van der Waals surface area contributed by atoms with Crippen molar-refractivity contribution in [3.63, 3.8) is 0 Å². The highest BCUT2D eigenvalue weighted by molar-refractivity contribution is 5.72. The second-order valence-electron chi connectivity index (χ2n) is 7.22. The van der Waals surface area contributed by atoms with E-state index >= 15 is 0 Å². The predicted octanol–water partition coefficient (Wildman–Crippen LogP) is 5.16. The zero-order chi connectivity index (χ0) is 20.9. The topological polar surface area (TPSA) is 102 Å². The lowest BCUT2D eigenvalue weighted by Crippen LogP contribution is -2.17. The van der Waals surface area contributed by atoms with E-state index in [9.17, 15) is 10.1 Å². The molecule has 2 aromatic carbocycles. The van der Waals surface area contributed by atoms with Crippen molar-refractivity contribution in [3.8, 4) is 17.0 Å². The van der Waals surface area contributed by atoms with Gasteiger partial charge in [0.1, 0.15) is 17.3 Å². The van der Waals surface area contributed by atoms with Gasteiger partial charge in [0.15, 0.2) is 0 Å². The molecule has 1 saturated carbocycles. The van der Waals surface area contributed by atoms with Gasteiger partial charge < -0.3 is 15.4 Å². The van der Waals surface area contributed by atoms with Gasteiger partial charge in [-0.1, -0.05) is 43.2 Å². The molecule has 1 aliphatic carbocycles.